The molecular formula is C10H17BrN2S. The van der Waals surface area contributed by atoms with Crippen LogP contribution in [0.25, 0.3) is 0 Å². The Balaban J connectivity index is 2.26. The van der Waals surface area contributed by atoms with Gasteiger partial charge in [0.15, 0.2) is 0 Å². The van der Waals surface area contributed by atoms with Gasteiger partial charge in [-0.05, 0) is 49.1 Å². The van der Waals surface area contributed by atoms with E-state index in [2.05, 4.69) is 59.3 Å². The van der Waals surface area contributed by atoms with Crippen molar-refractivity contribution in [3.05, 3.63) is 20.8 Å². The minimum atomic E-state index is 0.533. The van der Waals surface area contributed by atoms with Crippen molar-refractivity contribution < 1.29 is 0 Å². The third-order valence-electron chi connectivity index (χ3n) is 1.89. The van der Waals surface area contributed by atoms with Crippen molar-refractivity contribution in [3.63, 3.8) is 0 Å². The normalized spacial score (nSPS) is 13.5. The maximum atomic E-state index is 3.49. The molecule has 1 N–H and O–H groups in total. The van der Waals surface area contributed by atoms with Crippen molar-refractivity contribution in [2.45, 2.75) is 19.5 Å². The van der Waals surface area contributed by atoms with E-state index in [1.165, 1.54) is 8.66 Å². The molecule has 0 saturated carbocycles. The fourth-order valence-corrected chi connectivity index (χ4v) is 2.77. The maximum absolute atomic E-state index is 3.49. The SMILES string of the molecule is CC(CN(C)C)NCc1ccc(Br)s1. The van der Waals surface area contributed by atoms with Crippen LogP contribution in [0.2, 0.25) is 0 Å². The topological polar surface area (TPSA) is 15.3 Å². The van der Waals surface area contributed by atoms with Crippen LogP contribution in [0.15, 0.2) is 15.9 Å². The van der Waals surface area contributed by atoms with E-state index in [1.54, 1.807) is 11.3 Å². The molecule has 0 spiro atoms. The average molecular weight is 277 g/mol. The lowest BCUT2D eigenvalue weighted by Gasteiger charge is -2.17. The van der Waals surface area contributed by atoms with Crippen LogP contribution in [0.5, 0.6) is 0 Å². The molecule has 0 aliphatic carbocycles. The predicted octanol–water partition coefficient (Wildman–Crippen LogP) is 2.55. The van der Waals surface area contributed by atoms with Gasteiger partial charge in [-0.15, -0.1) is 11.3 Å². The van der Waals surface area contributed by atoms with Crippen molar-refractivity contribution >= 4 is 27.3 Å². The smallest absolute Gasteiger partial charge is 0.0701 e. The highest BCUT2D eigenvalue weighted by atomic mass is 79.9. The zero-order chi connectivity index (χ0) is 10.6. The highest BCUT2D eigenvalue weighted by Crippen LogP contribution is 2.21. The second-order valence-electron chi connectivity index (χ2n) is 3.75. The Labute approximate surface area is 98.4 Å². The Kier molecular flexibility index (Phi) is 5.09. The first-order chi connectivity index (χ1) is 6.58. The molecule has 0 bridgehead atoms. The van der Waals surface area contributed by atoms with Crippen LogP contribution in [0.3, 0.4) is 0 Å². The van der Waals surface area contributed by atoms with E-state index in [0.717, 1.165) is 13.1 Å². The fourth-order valence-electron chi connectivity index (χ4n) is 1.33. The highest BCUT2D eigenvalue weighted by molar-refractivity contribution is 9.11. The molecule has 2 nitrogen and oxygen atoms in total. The van der Waals surface area contributed by atoms with Gasteiger partial charge in [0.1, 0.15) is 0 Å². The minimum Gasteiger partial charge on any atom is -0.308 e. The molecule has 1 aromatic heterocycles. The number of halogens is 1. The Morgan fingerprint density at radius 2 is 2.21 bits per heavy atom. The molecular weight excluding hydrogens is 260 g/mol. The number of nitrogens with zero attached hydrogens (tertiary/aromatic N) is 1. The second kappa shape index (κ2) is 5.85. The van der Waals surface area contributed by atoms with Crippen molar-refractivity contribution in [2.24, 2.45) is 0 Å². The molecule has 1 rings (SSSR count). The molecule has 1 heterocycles. The van der Waals surface area contributed by atoms with Gasteiger partial charge in [0, 0.05) is 24.0 Å². The fraction of sp³-hybridized carbons (Fsp3) is 0.600. The molecule has 0 amide bonds. The van der Waals surface area contributed by atoms with E-state index in [9.17, 15) is 0 Å². The van der Waals surface area contributed by atoms with Gasteiger partial charge in [-0.3, -0.25) is 0 Å². The van der Waals surface area contributed by atoms with Gasteiger partial charge in [0.05, 0.1) is 3.79 Å². The van der Waals surface area contributed by atoms with E-state index in [4.69, 9.17) is 0 Å². The molecule has 14 heavy (non-hydrogen) atoms. The summed E-state index contributed by atoms with van der Waals surface area (Å²) in [6.45, 7) is 4.25. The highest BCUT2D eigenvalue weighted by Gasteiger charge is 2.03. The Morgan fingerprint density at radius 1 is 1.50 bits per heavy atom. The molecule has 1 atom stereocenters. The van der Waals surface area contributed by atoms with Crippen LogP contribution in [-0.2, 0) is 6.54 Å². The summed E-state index contributed by atoms with van der Waals surface area (Å²) in [5.74, 6) is 0. The first-order valence-corrected chi connectivity index (χ1v) is 6.31. The van der Waals surface area contributed by atoms with E-state index < -0.39 is 0 Å². The predicted molar refractivity (Wildman–Crippen MR) is 66.9 cm³/mol. The first kappa shape index (κ1) is 12.2. The standard InChI is InChI=1S/C10H17BrN2S/c1-8(7-13(2)3)12-6-9-4-5-10(11)14-9/h4-5,8,12H,6-7H2,1-3H3. The number of hydrogen-bond donors (Lipinski definition) is 1. The summed E-state index contributed by atoms with van der Waals surface area (Å²) in [5.41, 5.74) is 0. The summed E-state index contributed by atoms with van der Waals surface area (Å²) in [4.78, 5) is 3.57. The van der Waals surface area contributed by atoms with Crippen LogP contribution < -0.4 is 5.32 Å². The summed E-state index contributed by atoms with van der Waals surface area (Å²) >= 11 is 5.25. The molecule has 0 fully saturated rings. The zero-order valence-corrected chi connectivity index (χ0v) is 11.3. The number of likely N-dealkylation sites (N-methyl/N-ethyl adjacent to an activating group) is 1. The molecule has 0 aliphatic rings. The van der Waals surface area contributed by atoms with Crippen molar-refractivity contribution in [1.82, 2.24) is 10.2 Å². The summed E-state index contributed by atoms with van der Waals surface area (Å²) in [6.07, 6.45) is 0. The summed E-state index contributed by atoms with van der Waals surface area (Å²) in [6, 6.07) is 4.79. The summed E-state index contributed by atoms with van der Waals surface area (Å²) in [5, 5.41) is 3.49. The van der Waals surface area contributed by atoms with Crippen molar-refractivity contribution in [3.8, 4) is 0 Å². The largest absolute Gasteiger partial charge is 0.308 e. The summed E-state index contributed by atoms with van der Waals surface area (Å²) < 4.78 is 1.20. The lowest BCUT2D eigenvalue weighted by atomic mass is 10.3. The van der Waals surface area contributed by atoms with Crippen LogP contribution in [0, 0.1) is 0 Å². The molecule has 0 saturated heterocycles. The van der Waals surface area contributed by atoms with E-state index >= 15 is 0 Å². The van der Waals surface area contributed by atoms with Crippen LogP contribution >= 0.6 is 27.3 Å². The van der Waals surface area contributed by atoms with E-state index in [0.29, 0.717) is 6.04 Å². The Morgan fingerprint density at radius 3 is 2.71 bits per heavy atom. The molecule has 4 heteroatoms. The van der Waals surface area contributed by atoms with Crippen LogP contribution in [-0.4, -0.2) is 31.6 Å². The van der Waals surface area contributed by atoms with Gasteiger partial charge < -0.3 is 10.2 Å². The third kappa shape index (κ3) is 4.55. The monoisotopic (exact) mass is 276 g/mol. The van der Waals surface area contributed by atoms with Crippen LogP contribution in [0.4, 0.5) is 0 Å². The molecule has 1 aromatic rings. The van der Waals surface area contributed by atoms with Crippen LogP contribution in [0.1, 0.15) is 11.8 Å². The van der Waals surface area contributed by atoms with Gasteiger partial charge in [0.2, 0.25) is 0 Å². The molecule has 1 unspecified atom stereocenters. The average Bonchev–Trinajstić information content (AvgIpc) is 2.47. The van der Waals surface area contributed by atoms with Crippen molar-refractivity contribution in [2.75, 3.05) is 20.6 Å². The quantitative estimate of drug-likeness (QED) is 0.889. The van der Waals surface area contributed by atoms with Gasteiger partial charge in [-0.25, -0.2) is 0 Å². The number of nitrogens with one attached hydrogen (secondary N) is 1. The molecule has 0 aromatic carbocycles. The van der Waals surface area contributed by atoms with E-state index in [1.807, 2.05) is 0 Å². The third-order valence-corrected chi connectivity index (χ3v) is 3.52. The molecule has 0 radical (unpaired) electrons. The Bertz CT molecular complexity index is 273. The number of rotatable bonds is 5. The number of thiophene rings is 1. The first-order valence-electron chi connectivity index (χ1n) is 4.70. The Hall–Kier alpha value is 0.1000. The maximum Gasteiger partial charge on any atom is 0.0701 e. The summed E-state index contributed by atoms with van der Waals surface area (Å²) in [7, 11) is 4.19. The lowest BCUT2D eigenvalue weighted by Crippen LogP contribution is -2.35. The minimum absolute atomic E-state index is 0.533. The van der Waals surface area contributed by atoms with Crippen molar-refractivity contribution in [1.29, 1.82) is 0 Å². The lowest BCUT2D eigenvalue weighted by molar-refractivity contribution is 0.349. The number of hydrogen-bond acceptors (Lipinski definition) is 3. The molecule has 0 aliphatic heterocycles. The molecule has 80 valence electrons. The zero-order valence-electron chi connectivity index (χ0n) is 8.88. The van der Waals surface area contributed by atoms with Gasteiger partial charge in [0.25, 0.3) is 0 Å². The second-order valence-corrected chi connectivity index (χ2v) is 6.30. The van der Waals surface area contributed by atoms with Gasteiger partial charge >= 0.3 is 0 Å². The van der Waals surface area contributed by atoms with Gasteiger partial charge in [-0.2, -0.15) is 0 Å². The van der Waals surface area contributed by atoms with Gasteiger partial charge in [-0.1, -0.05) is 0 Å². The van der Waals surface area contributed by atoms with E-state index in [-0.39, 0.29) is 0 Å².